The molecule has 0 radical (unpaired) electrons. The fourth-order valence-electron chi connectivity index (χ4n) is 3.37. The van der Waals surface area contributed by atoms with Gasteiger partial charge in [0.15, 0.2) is 0 Å². The Hall–Kier alpha value is -2.81. The number of hydrogen-bond acceptors (Lipinski definition) is 6. The van der Waals surface area contributed by atoms with E-state index in [9.17, 15) is 8.42 Å². The average molecular weight is 402 g/mol. The number of hydrogen-bond donors (Lipinski definition) is 2. The molecule has 1 fully saturated rings. The lowest BCUT2D eigenvalue weighted by Gasteiger charge is -2.20. The predicted molar refractivity (Wildman–Crippen MR) is 104 cm³/mol. The molecule has 0 unspecified atom stereocenters. The number of ether oxygens (including phenoxy) is 1. The number of nitrogens with zero attached hydrogens (tertiary/aromatic N) is 2. The molecule has 0 saturated heterocycles. The van der Waals surface area contributed by atoms with Gasteiger partial charge in [-0.1, -0.05) is 6.42 Å². The smallest absolute Gasteiger partial charge is 0.264 e. The summed E-state index contributed by atoms with van der Waals surface area (Å²) in [5.41, 5.74) is 2.04. The maximum absolute atomic E-state index is 13.0. The second kappa shape index (κ2) is 6.97. The van der Waals surface area contributed by atoms with Gasteiger partial charge in [-0.15, -0.1) is 10.2 Å². The van der Waals surface area contributed by atoms with E-state index < -0.39 is 10.0 Å². The minimum absolute atomic E-state index is 0.182. The van der Waals surface area contributed by atoms with Gasteiger partial charge >= 0.3 is 0 Å². The highest BCUT2D eigenvalue weighted by atomic mass is 32.2. The van der Waals surface area contributed by atoms with Crippen molar-refractivity contribution in [2.24, 2.45) is 0 Å². The topological polar surface area (TPSA) is 110 Å². The van der Waals surface area contributed by atoms with Gasteiger partial charge in [-0.2, -0.15) is 0 Å². The van der Waals surface area contributed by atoms with Crippen LogP contribution in [0.25, 0.3) is 11.6 Å². The first-order valence-corrected chi connectivity index (χ1v) is 10.6. The van der Waals surface area contributed by atoms with Crippen LogP contribution in [0.3, 0.4) is 0 Å². The van der Waals surface area contributed by atoms with Crippen molar-refractivity contribution >= 4 is 15.7 Å². The van der Waals surface area contributed by atoms with Crippen LogP contribution in [0.4, 0.5) is 5.69 Å². The van der Waals surface area contributed by atoms with Crippen molar-refractivity contribution in [3.63, 3.8) is 0 Å². The number of aromatic amines is 1. The lowest BCUT2D eigenvalue weighted by molar-refractivity contribution is 0.338. The van der Waals surface area contributed by atoms with Gasteiger partial charge in [0.05, 0.1) is 7.11 Å². The first kappa shape index (κ1) is 18.5. The summed E-state index contributed by atoms with van der Waals surface area (Å²) in [4.78, 5) is 3.27. The van der Waals surface area contributed by atoms with Crippen LogP contribution in [0.15, 0.2) is 33.6 Å². The van der Waals surface area contributed by atoms with Gasteiger partial charge in [0, 0.05) is 22.9 Å². The molecule has 28 heavy (non-hydrogen) atoms. The number of methoxy groups -OCH3 is 1. The summed E-state index contributed by atoms with van der Waals surface area (Å²) in [5, 5.41) is 8.24. The summed E-state index contributed by atoms with van der Waals surface area (Å²) in [6.07, 6.45) is 3.27. The molecule has 0 aliphatic heterocycles. The van der Waals surface area contributed by atoms with Crippen LogP contribution >= 0.6 is 0 Å². The number of benzene rings is 1. The van der Waals surface area contributed by atoms with Crippen LogP contribution < -0.4 is 9.46 Å². The largest absolute Gasteiger partial charge is 0.497 e. The third-order valence-electron chi connectivity index (χ3n) is 5.09. The molecule has 4 rings (SSSR count). The van der Waals surface area contributed by atoms with E-state index in [1.54, 1.807) is 45.2 Å². The maximum atomic E-state index is 13.0. The summed E-state index contributed by atoms with van der Waals surface area (Å²) in [7, 11) is -2.24. The molecule has 0 bridgehead atoms. The molecule has 2 N–H and O–H groups in total. The van der Waals surface area contributed by atoms with Gasteiger partial charge in [0.25, 0.3) is 15.9 Å². The SMILES string of the molecule is COc1ccc(NS(=O)(=O)c2c(C)[nH]c(-c3nnc(C4CCC4)o3)c2C)cc1. The Bertz CT molecular complexity index is 1100. The number of sulfonamides is 1. The van der Waals surface area contributed by atoms with E-state index in [0.29, 0.717) is 46.1 Å². The van der Waals surface area contributed by atoms with Crippen molar-refractivity contribution in [2.45, 2.75) is 43.9 Å². The highest BCUT2D eigenvalue weighted by Gasteiger charge is 2.29. The molecule has 1 saturated carbocycles. The van der Waals surface area contributed by atoms with Crippen LogP contribution in [0.1, 0.15) is 42.3 Å². The number of H-pyrrole nitrogens is 1. The Morgan fingerprint density at radius 3 is 2.50 bits per heavy atom. The molecule has 3 aromatic rings. The molecule has 1 aliphatic carbocycles. The highest BCUT2D eigenvalue weighted by molar-refractivity contribution is 7.92. The molecule has 9 heteroatoms. The third-order valence-corrected chi connectivity index (χ3v) is 6.74. The summed E-state index contributed by atoms with van der Waals surface area (Å²) in [6.45, 7) is 3.44. The van der Waals surface area contributed by atoms with E-state index in [4.69, 9.17) is 9.15 Å². The summed E-state index contributed by atoms with van der Waals surface area (Å²) >= 11 is 0. The molecule has 0 amide bonds. The Labute approximate surface area is 163 Å². The lowest BCUT2D eigenvalue weighted by atomic mass is 9.85. The zero-order valence-corrected chi connectivity index (χ0v) is 16.8. The van der Waals surface area contributed by atoms with Gasteiger partial charge in [0.2, 0.25) is 5.89 Å². The zero-order chi connectivity index (χ0) is 19.9. The van der Waals surface area contributed by atoms with Crippen LogP contribution in [0, 0.1) is 13.8 Å². The molecule has 8 nitrogen and oxygen atoms in total. The number of aromatic nitrogens is 3. The summed E-state index contributed by atoms with van der Waals surface area (Å²) in [6, 6.07) is 6.69. The number of rotatable bonds is 6. The fraction of sp³-hybridized carbons (Fsp3) is 0.368. The molecule has 1 aliphatic rings. The monoisotopic (exact) mass is 402 g/mol. The van der Waals surface area contributed by atoms with Gasteiger partial charge in [-0.25, -0.2) is 8.42 Å². The van der Waals surface area contributed by atoms with E-state index in [1.165, 1.54) is 6.42 Å². The second-order valence-electron chi connectivity index (χ2n) is 6.99. The Morgan fingerprint density at radius 2 is 1.89 bits per heavy atom. The minimum Gasteiger partial charge on any atom is -0.497 e. The molecule has 148 valence electrons. The highest BCUT2D eigenvalue weighted by Crippen LogP contribution is 2.37. The molecular formula is C19H22N4O4S. The molecule has 0 atom stereocenters. The lowest BCUT2D eigenvalue weighted by Crippen LogP contribution is -2.14. The summed E-state index contributed by atoms with van der Waals surface area (Å²) < 4.78 is 39.5. The van der Waals surface area contributed by atoms with Crippen molar-refractivity contribution in [1.29, 1.82) is 0 Å². The molecular weight excluding hydrogens is 380 g/mol. The van der Waals surface area contributed by atoms with Crippen LogP contribution in [0.5, 0.6) is 5.75 Å². The van der Waals surface area contributed by atoms with E-state index in [0.717, 1.165) is 12.8 Å². The Balaban J connectivity index is 1.64. The fourth-order valence-corrected chi connectivity index (χ4v) is 4.88. The quantitative estimate of drug-likeness (QED) is 0.650. The predicted octanol–water partition coefficient (Wildman–Crippen LogP) is 3.76. The molecule has 2 heterocycles. The first-order valence-electron chi connectivity index (χ1n) is 9.09. The summed E-state index contributed by atoms with van der Waals surface area (Å²) in [5.74, 6) is 1.90. The first-order chi connectivity index (χ1) is 13.4. The van der Waals surface area contributed by atoms with E-state index in [2.05, 4.69) is 19.9 Å². The standard InChI is InChI=1S/C19H22N4O4S/c1-11-16(19-22-21-18(27-19)13-5-4-6-13)20-12(2)17(11)28(24,25)23-14-7-9-15(26-3)10-8-14/h7-10,13,20,23H,4-6H2,1-3H3. The van der Waals surface area contributed by atoms with Crippen molar-refractivity contribution < 1.29 is 17.6 Å². The number of aryl methyl sites for hydroxylation is 1. The minimum atomic E-state index is -3.80. The number of nitrogens with one attached hydrogen (secondary N) is 2. The zero-order valence-electron chi connectivity index (χ0n) is 15.9. The second-order valence-corrected chi connectivity index (χ2v) is 8.61. The average Bonchev–Trinajstić information content (AvgIpc) is 3.18. The van der Waals surface area contributed by atoms with Gasteiger partial charge in [-0.3, -0.25) is 4.72 Å². The van der Waals surface area contributed by atoms with Crippen LogP contribution in [-0.4, -0.2) is 30.7 Å². The van der Waals surface area contributed by atoms with Gasteiger partial charge in [-0.05, 0) is 51.0 Å². The maximum Gasteiger partial charge on any atom is 0.264 e. The molecule has 2 aromatic heterocycles. The van der Waals surface area contributed by atoms with Crippen molar-refractivity contribution in [2.75, 3.05) is 11.8 Å². The van der Waals surface area contributed by atoms with Crippen molar-refractivity contribution in [3.8, 4) is 17.3 Å². The molecule has 1 aromatic carbocycles. The Kier molecular flexibility index (Phi) is 4.62. The van der Waals surface area contributed by atoms with E-state index >= 15 is 0 Å². The van der Waals surface area contributed by atoms with Crippen molar-refractivity contribution in [3.05, 3.63) is 41.4 Å². The van der Waals surface area contributed by atoms with Crippen molar-refractivity contribution in [1.82, 2.24) is 15.2 Å². The van der Waals surface area contributed by atoms with Crippen LogP contribution in [0.2, 0.25) is 0 Å². The normalized spacial score (nSPS) is 14.7. The molecule has 0 spiro atoms. The van der Waals surface area contributed by atoms with E-state index in [-0.39, 0.29) is 4.90 Å². The number of anilines is 1. The third kappa shape index (κ3) is 3.26. The van der Waals surface area contributed by atoms with Crippen LogP contribution in [-0.2, 0) is 10.0 Å². The van der Waals surface area contributed by atoms with Gasteiger partial charge < -0.3 is 14.1 Å². The van der Waals surface area contributed by atoms with E-state index in [1.807, 2.05) is 0 Å². The van der Waals surface area contributed by atoms with Gasteiger partial charge in [0.1, 0.15) is 16.3 Å². The Morgan fingerprint density at radius 1 is 1.18 bits per heavy atom.